The third kappa shape index (κ3) is 7.63. The molecule has 0 aliphatic carbocycles. The van der Waals surface area contributed by atoms with Crippen LogP contribution in [0.5, 0.6) is 0 Å². The van der Waals surface area contributed by atoms with E-state index in [1.165, 1.54) is 6.08 Å². The van der Waals surface area contributed by atoms with E-state index >= 15 is 0 Å². The first-order valence-corrected chi connectivity index (χ1v) is 4.53. The Hall–Kier alpha value is -1.43. The number of amidine groups is 1. The Labute approximate surface area is 87.7 Å². The maximum absolute atomic E-state index is 12.9. The van der Waals surface area contributed by atoms with Crippen molar-refractivity contribution in [3.05, 3.63) is 11.9 Å². The zero-order valence-corrected chi connectivity index (χ0v) is 8.61. The smallest absolute Gasteiger partial charge is 0.320 e. The standard InChI is InChI=1S/C9H16FN3O2/c1-6(11)13-5-7(10)3-2-4-8(12)9(14)15/h3,8H,2,4-5,12H2,1H3,(H2,11,13)(H,14,15)/t8-/m0/s1. The van der Waals surface area contributed by atoms with Crippen LogP contribution in [0, 0.1) is 0 Å². The SMILES string of the molecule is CC(N)=NCC(F)=CCC[C@H](N)C(=O)O. The number of nitrogens with zero attached hydrogens (tertiary/aromatic N) is 1. The van der Waals surface area contributed by atoms with Crippen molar-refractivity contribution in [2.45, 2.75) is 25.8 Å². The predicted molar refractivity (Wildman–Crippen MR) is 56.2 cm³/mol. The van der Waals surface area contributed by atoms with E-state index in [0.717, 1.165) is 0 Å². The second-order valence-electron chi connectivity index (χ2n) is 3.13. The van der Waals surface area contributed by atoms with Crippen molar-refractivity contribution >= 4 is 11.8 Å². The van der Waals surface area contributed by atoms with Gasteiger partial charge in [-0.25, -0.2) is 4.39 Å². The third-order valence-electron chi connectivity index (χ3n) is 1.64. The second-order valence-corrected chi connectivity index (χ2v) is 3.13. The molecule has 0 heterocycles. The highest BCUT2D eigenvalue weighted by Crippen LogP contribution is 2.03. The van der Waals surface area contributed by atoms with E-state index in [2.05, 4.69) is 4.99 Å². The van der Waals surface area contributed by atoms with Crippen LogP contribution in [0.4, 0.5) is 4.39 Å². The molecule has 6 heteroatoms. The van der Waals surface area contributed by atoms with Gasteiger partial charge < -0.3 is 16.6 Å². The Morgan fingerprint density at radius 2 is 2.27 bits per heavy atom. The summed E-state index contributed by atoms with van der Waals surface area (Å²) in [6, 6.07) is -0.950. The van der Waals surface area contributed by atoms with Crippen molar-refractivity contribution < 1.29 is 14.3 Å². The summed E-state index contributed by atoms with van der Waals surface area (Å²) in [5.41, 5.74) is 10.4. The lowest BCUT2D eigenvalue weighted by Crippen LogP contribution is -2.29. The van der Waals surface area contributed by atoms with Gasteiger partial charge in [-0.1, -0.05) is 6.08 Å². The van der Waals surface area contributed by atoms with E-state index in [1.807, 2.05) is 0 Å². The van der Waals surface area contributed by atoms with Crippen LogP contribution in [0.1, 0.15) is 19.8 Å². The molecule has 0 fully saturated rings. The Kier molecular flexibility index (Phi) is 6.28. The van der Waals surface area contributed by atoms with Gasteiger partial charge in [0.1, 0.15) is 11.9 Å². The number of aliphatic imine (C=N–C) groups is 1. The Balaban J connectivity index is 3.86. The zero-order valence-electron chi connectivity index (χ0n) is 8.61. The molecule has 86 valence electrons. The van der Waals surface area contributed by atoms with Gasteiger partial charge in [0, 0.05) is 0 Å². The summed E-state index contributed by atoms with van der Waals surface area (Å²) < 4.78 is 12.9. The summed E-state index contributed by atoms with van der Waals surface area (Å²) in [6.45, 7) is 1.46. The lowest BCUT2D eigenvalue weighted by Gasteiger charge is -2.02. The van der Waals surface area contributed by atoms with Gasteiger partial charge in [0.05, 0.1) is 12.4 Å². The van der Waals surface area contributed by atoms with Crippen LogP contribution in [0.25, 0.3) is 0 Å². The zero-order chi connectivity index (χ0) is 11.8. The maximum atomic E-state index is 12.9. The molecule has 5 nitrogen and oxygen atoms in total. The fourth-order valence-electron chi connectivity index (χ4n) is 0.808. The van der Waals surface area contributed by atoms with Crippen molar-refractivity contribution in [2.24, 2.45) is 16.5 Å². The van der Waals surface area contributed by atoms with Crippen LogP contribution in [0.3, 0.4) is 0 Å². The molecule has 0 bridgehead atoms. The molecule has 0 aromatic heterocycles. The van der Waals surface area contributed by atoms with Gasteiger partial charge in [-0.15, -0.1) is 0 Å². The number of halogens is 1. The molecule has 0 spiro atoms. The van der Waals surface area contributed by atoms with Crippen LogP contribution in [-0.4, -0.2) is 29.5 Å². The highest BCUT2D eigenvalue weighted by Gasteiger charge is 2.09. The molecular formula is C9H16FN3O2. The number of nitrogens with two attached hydrogens (primary N) is 2. The molecular weight excluding hydrogens is 201 g/mol. The normalized spacial score (nSPS) is 15.1. The Morgan fingerprint density at radius 1 is 1.67 bits per heavy atom. The summed E-state index contributed by atoms with van der Waals surface area (Å²) in [4.78, 5) is 14.0. The molecule has 15 heavy (non-hydrogen) atoms. The van der Waals surface area contributed by atoms with Crippen LogP contribution in [0.15, 0.2) is 16.9 Å². The highest BCUT2D eigenvalue weighted by atomic mass is 19.1. The maximum Gasteiger partial charge on any atom is 0.320 e. The van der Waals surface area contributed by atoms with E-state index in [0.29, 0.717) is 5.84 Å². The molecule has 5 N–H and O–H groups in total. The summed E-state index contributed by atoms with van der Waals surface area (Å²) in [5, 5.41) is 8.45. The van der Waals surface area contributed by atoms with Gasteiger partial charge in [-0.2, -0.15) is 0 Å². The predicted octanol–water partition coefficient (Wildman–Crippen LogP) is 0.409. The van der Waals surface area contributed by atoms with Crippen molar-refractivity contribution in [1.29, 1.82) is 0 Å². The van der Waals surface area contributed by atoms with Gasteiger partial charge in [0.2, 0.25) is 0 Å². The second kappa shape index (κ2) is 6.94. The lowest BCUT2D eigenvalue weighted by atomic mass is 10.1. The Bertz CT molecular complexity index is 273. The van der Waals surface area contributed by atoms with Crippen molar-refractivity contribution in [3.63, 3.8) is 0 Å². The van der Waals surface area contributed by atoms with Gasteiger partial charge in [-0.05, 0) is 19.8 Å². The van der Waals surface area contributed by atoms with Gasteiger partial charge in [-0.3, -0.25) is 9.79 Å². The molecule has 1 atom stereocenters. The molecule has 0 saturated carbocycles. The molecule has 0 radical (unpaired) electrons. The van der Waals surface area contributed by atoms with Gasteiger partial charge in [0.15, 0.2) is 0 Å². The van der Waals surface area contributed by atoms with E-state index < -0.39 is 17.8 Å². The number of rotatable bonds is 6. The monoisotopic (exact) mass is 217 g/mol. The molecule has 0 rings (SSSR count). The van der Waals surface area contributed by atoms with Crippen molar-refractivity contribution in [2.75, 3.05) is 6.54 Å². The summed E-state index contributed by atoms with van der Waals surface area (Å²) in [5.74, 6) is -1.21. The van der Waals surface area contributed by atoms with Crippen LogP contribution < -0.4 is 11.5 Å². The lowest BCUT2D eigenvalue weighted by molar-refractivity contribution is -0.138. The number of hydrogen-bond acceptors (Lipinski definition) is 3. The first-order valence-electron chi connectivity index (χ1n) is 4.53. The van der Waals surface area contributed by atoms with Crippen LogP contribution in [0.2, 0.25) is 0 Å². The molecule has 0 aromatic carbocycles. The molecule has 0 saturated heterocycles. The third-order valence-corrected chi connectivity index (χ3v) is 1.64. The number of hydrogen-bond donors (Lipinski definition) is 3. The van der Waals surface area contributed by atoms with Crippen LogP contribution >= 0.6 is 0 Å². The van der Waals surface area contributed by atoms with Crippen LogP contribution in [-0.2, 0) is 4.79 Å². The number of aliphatic carboxylic acids is 1. The van der Waals surface area contributed by atoms with Gasteiger partial charge >= 0.3 is 5.97 Å². The summed E-state index contributed by atoms with van der Waals surface area (Å²) in [7, 11) is 0. The molecule has 0 aromatic rings. The summed E-state index contributed by atoms with van der Waals surface area (Å²) >= 11 is 0. The fraction of sp³-hybridized carbons (Fsp3) is 0.556. The highest BCUT2D eigenvalue weighted by molar-refractivity contribution is 5.77. The number of allylic oxidation sites excluding steroid dienone is 1. The molecule has 0 aliphatic rings. The minimum Gasteiger partial charge on any atom is -0.480 e. The first kappa shape index (κ1) is 13.6. The van der Waals surface area contributed by atoms with E-state index in [9.17, 15) is 9.18 Å². The van der Waals surface area contributed by atoms with E-state index in [1.54, 1.807) is 6.92 Å². The average Bonchev–Trinajstić information content (AvgIpc) is 2.14. The van der Waals surface area contributed by atoms with Crippen molar-refractivity contribution in [1.82, 2.24) is 0 Å². The molecule has 0 aliphatic heterocycles. The van der Waals surface area contributed by atoms with Crippen molar-refractivity contribution in [3.8, 4) is 0 Å². The quantitative estimate of drug-likeness (QED) is 0.443. The Morgan fingerprint density at radius 3 is 2.73 bits per heavy atom. The number of carboxylic acids is 1. The minimum atomic E-state index is -1.08. The molecule has 0 unspecified atom stereocenters. The van der Waals surface area contributed by atoms with E-state index in [-0.39, 0.29) is 19.4 Å². The van der Waals surface area contributed by atoms with E-state index in [4.69, 9.17) is 16.6 Å². The minimum absolute atomic E-state index is 0.107. The topological polar surface area (TPSA) is 102 Å². The number of carbonyl (C=O) groups is 1. The summed E-state index contributed by atoms with van der Waals surface area (Å²) in [6.07, 6.45) is 1.75. The molecule has 0 amide bonds. The van der Waals surface area contributed by atoms with Gasteiger partial charge in [0.25, 0.3) is 0 Å². The largest absolute Gasteiger partial charge is 0.480 e. The number of carboxylic acid groups (broad SMARTS) is 1. The average molecular weight is 217 g/mol. The first-order chi connectivity index (χ1) is 6.93. The fourth-order valence-corrected chi connectivity index (χ4v) is 0.808.